The molecule has 1 atom stereocenters. The summed E-state index contributed by atoms with van der Waals surface area (Å²) >= 11 is 0. The molecule has 3 heteroatoms. The van der Waals surface area contributed by atoms with Gasteiger partial charge in [-0.1, -0.05) is 13.8 Å². The molecule has 0 aromatic carbocycles. The van der Waals surface area contributed by atoms with Gasteiger partial charge in [0, 0.05) is 24.0 Å². The molecule has 0 saturated heterocycles. The van der Waals surface area contributed by atoms with E-state index < -0.39 is 0 Å². The van der Waals surface area contributed by atoms with Gasteiger partial charge in [-0.25, -0.2) is 4.98 Å². The van der Waals surface area contributed by atoms with Gasteiger partial charge in [0.2, 0.25) is 0 Å². The van der Waals surface area contributed by atoms with E-state index >= 15 is 0 Å². The van der Waals surface area contributed by atoms with E-state index in [4.69, 9.17) is 5.73 Å². The largest absolute Gasteiger partial charge is 0.398 e. The fraction of sp³-hybridized carbons (Fsp3) is 0.615. The molecular weight excluding hydrogens is 198 g/mol. The van der Waals surface area contributed by atoms with Crippen LogP contribution in [0.4, 0.5) is 11.5 Å². The number of aromatic nitrogens is 1. The fourth-order valence-corrected chi connectivity index (χ4v) is 2.39. The monoisotopic (exact) mass is 219 g/mol. The van der Waals surface area contributed by atoms with Crippen LogP contribution >= 0.6 is 0 Å². The molecule has 1 aromatic rings. The molecule has 3 nitrogen and oxygen atoms in total. The highest BCUT2D eigenvalue weighted by Gasteiger charge is 2.30. The number of pyridine rings is 1. The number of nitrogen functional groups attached to an aromatic ring is 1. The number of rotatable bonds is 2. The molecule has 0 amide bonds. The summed E-state index contributed by atoms with van der Waals surface area (Å²) in [6, 6.07) is 2.48. The molecular formula is C13H21N3. The normalized spacial score (nSPS) is 23.3. The van der Waals surface area contributed by atoms with E-state index in [1.54, 1.807) is 0 Å². The van der Waals surface area contributed by atoms with Crippen LogP contribution in [0.1, 0.15) is 38.7 Å². The lowest BCUT2D eigenvalue weighted by molar-refractivity contribution is 0.378. The van der Waals surface area contributed by atoms with Crippen LogP contribution in [0.5, 0.6) is 0 Å². The molecule has 3 N–H and O–H groups in total. The maximum absolute atomic E-state index is 5.87. The van der Waals surface area contributed by atoms with Crippen molar-refractivity contribution in [2.75, 3.05) is 11.1 Å². The van der Waals surface area contributed by atoms with Crippen molar-refractivity contribution in [3.63, 3.8) is 0 Å². The van der Waals surface area contributed by atoms with E-state index in [0.29, 0.717) is 11.5 Å². The first-order chi connectivity index (χ1) is 7.46. The average molecular weight is 219 g/mol. The fourth-order valence-electron chi connectivity index (χ4n) is 2.39. The van der Waals surface area contributed by atoms with Crippen molar-refractivity contribution in [3.8, 4) is 0 Å². The molecule has 2 rings (SSSR count). The second-order valence-corrected chi connectivity index (χ2v) is 5.67. The summed E-state index contributed by atoms with van der Waals surface area (Å²) in [6.45, 7) is 6.63. The summed E-state index contributed by atoms with van der Waals surface area (Å²) in [6.07, 6.45) is 5.55. The molecule has 1 aromatic heterocycles. The number of nitrogens with two attached hydrogens (primary N) is 1. The third kappa shape index (κ3) is 2.46. The zero-order valence-corrected chi connectivity index (χ0v) is 10.4. The van der Waals surface area contributed by atoms with Crippen molar-refractivity contribution in [2.24, 2.45) is 5.41 Å². The van der Waals surface area contributed by atoms with E-state index in [2.05, 4.69) is 24.1 Å². The number of anilines is 2. The van der Waals surface area contributed by atoms with Crippen LogP contribution in [0.15, 0.2) is 12.3 Å². The number of aryl methyl sites for hydroxylation is 1. The van der Waals surface area contributed by atoms with Gasteiger partial charge in [-0.3, -0.25) is 0 Å². The highest BCUT2D eigenvalue weighted by Crippen LogP contribution is 2.38. The van der Waals surface area contributed by atoms with Gasteiger partial charge < -0.3 is 11.1 Å². The Morgan fingerprint density at radius 3 is 2.81 bits per heavy atom. The molecule has 1 saturated carbocycles. The highest BCUT2D eigenvalue weighted by molar-refractivity contribution is 5.53. The lowest BCUT2D eigenvalue weighted by atomic mass is 9.92. The zero-order valence-electron chi connectivity index (χ0n) is 10.4. The summed E-state index contributed by atoms with van der Waals surface area (Å²) in [7, 11) is 0. The molecule has 16 heavy (non-hydrogen) atoms. The van der Waals surface area contributed by atoms with Gasteiger partial charge in [-0.05, 0) is 37.2 Å². The first-order valence-electron chi connectivity index (χ1n) is 5.95. The van der Waals surface area contributed by atoms with Crippen LogP contribution in [-0.2, 0) is 0 Å². The van der Waals surface area contributed by atoms with Gasteiger partial charge in [0.25, 0.3) is 0 Å². The topological polar surface area (TPSA) is 50.9 Å². The first kappa shape index (κ1) is 11.2. The minimum Gasteiger partial charge on any atom is -0.398 e. The number of nitrogens with zero attached hydrogens (tertiary/aromatic N) is 1. The number of nitrogens with one attached hydrogen (secondary N) is 1. The van der Waals surface area contributed by atoms with Crippen LogP contribution in [0.25, 0.3) is 0 Å². The number of hydrogen-bond donors (Lipinski definition) is 2. The lowest BCUT2D eigenvalue weighted by Gasteiger charge is -2.18. The SMILES string of the molecule is Cc1cnc(NC2CCC(C)(C)C2)cc1N. The number of hydrogen-bond acceptors (Lipinski definition) is 3. The molecule has 1 aliphatic rings. The predicted octanol–water partition coefficient (Wildman–Crippen LogP) is 2.96. The Morgan fingerprint density at radius 1 is 1.50 bits per heavy atom. The van der Waals surface area contributed by atoms with Gasteiger partial charge in [0.05, 0.1) is 0 Å². The van der Waals surface area contributed by atoms with Crippen molar-refractivity contribution in [3.05, 3.63) is 17.8 Å². The Hall–Kier alpha value is -1.25. The molecule has 1 fully saturated rings. The average Bonchev–Trinajstić information content (AvgIpc) is 2.52. The molecule has 0 radical (unpaired) electrons. The van der Waals surface area contributed by atoms with Gasteiger partial charge in [0.1, 0.15) is 5.82 Å². The third-order valence-electron chi connectivity index (χ3n) is 3.47. The minimum absolute atomic E-state index is 0.466. The summed E-state index contributed by atoms with van der Waals surface area (Å²) in [5.74, 6) is 0.908. The van der Waals surface area contributed by atoms with Crippen molar-refractivity contribution < 1.29 is 0 Å². The molecule has 1 unspecified atom stereocenters. The second kappa shape index (κ2) is 3.96. The van der Waals surface area contributed by atoms with Crippen molar-refractivity contribution in [1.82, 2.24) is 4.98 Å². The molecule has 0 spiro atoms. The van der Waals surface area contributed by atoms with E-state index in [1.165, 1.54) is 19.3 Å². The highest BCUT2D eigenvalue weighted by atomic mass is 15.0. The maximum Gasteiger partial charge on any atom is 0.128 e. The lowest BCUT2D eigenvalue weighted by Crippen LogP contribution is -2.18. The standard InChI is InChI=1S/C13H21N3/c1-9-8-15-12(6-11(9)14)16-10-4-5-13(2,3)7-10/h6,8,10H,4-5,7H2,1-3H3,(H3,14,15,16). The van der Waals surface area contributed by atoms with Crippen LogP contribution < -0.4 is 11.1 Å². The first-order valence-corrected chi connectivity index (χ1v) is 5.95. The van der Waals surface area contributed by atoms with Crippen molar-refractivity contribution in [2.45, 2.75) is 46.1 Å². The molecule has 0 bridgehead atoms. The van der Waals surface area contributed by atoms with E-state index in [1.807, 2.05) is 19.2 Å². The third-order valence-corrected chi connectivity index (χ3v) is 3.47. The van der Waals surface area contributed by atoms with Crippen LogP contribution in [0.3, 0.4) is 0 Å². The zero-order chi connectivity index (χ0) is 11.8. The smallest absolute Gasteiger partial charge is 0.128 e. The summed E-state index contributed by atoms with van der Waals surface area (Å²) in [5, 5.41) is 3.47. The van der Waals surface area contributed by atoms with E-state index in [-0.39, 0.29) is 0 Å². The minimum atomic E-state index is 0.466. The Bertz CT molecular complexity index is 385. The second-order valence-electron chi connectivity index (χ2n) is 5.67. The van der Waals surface area contributed by atoms with Gasteiger partial charge in [0.15, 0.2) is 0 Å². The molecule has 1 aliphatic carbocycles. The predicted molar refractivity (Wildman–Crippen MR) is 68.4 cm³/mol. The van der Waals surface area contributed by atoms with Crippen LogP contribution in [0, 0.1) is 12.3 Å². The van der Waals surface area contributed by atoms with Crippen molar-refractivity contribution in [1.29, 1.82) is 0 Å². The van der Waals surface area contributed by atoms with E-state index in [0.717, 1.165) is 17.1 Å². The van der Waals surface area contributed by atoms with Crippen LogP contribution in [0.2, 0.25) is 0 Å². The van der Waals surface area contributed by atoms with Crippen LogP contribution in [-0.4, -0.2) is 11.0 Å². The molecule has 88 valence electrons. The van der Waals surface area contributed by atoms with E-state index in [9.17, 15) is 0 Å². The summed E-state index contributed by atoms with van der Waals surface area (Å²) in [4.78, 5) is 4.36. The molecule has 1 heterocycles. The van der Waals surface area contributed by atoms with Gasteiger partial charge >= 0.3 is 0 Å². The maximum atomic E-state index is 5.87. The van der Waals surface area contributed by atoms with Gasteiger partial charge in [-0.2, -0.15) is 0 Å². The van der Waals surface area contributed by atoms with Gasteiger partial charge in [-0.15, -0.1) is 0 Å². The summed E-state index contributed by atoms with van der Waals surface area (Å²) in [5.41, 5.74) is 8.19. The molecule has 0 aliphatic heterocycles. The Labute approximate surface area is 97.5 Å². The Balaban J connectivity index is 2.02. The van der Waals surface area contributed by atoms with Crippen molar-refractivity contribution >= 4 is 11.5 Å². The Kier molecular flexibility index (Phi) is 2.78. The Morgan fingerprint density at radius 2 is 2.25 bits per heavy atom. The summed E-state index contributed by atoms with van der Waals surface area (Å²) < 4.78 is 0. The quantitative estimate of drug-likeness (QED) is 0.804.